The third kappa shape index (κ3) is 4.14. The van der Waals surface area contributed by atoms with Crippen LogP contribution in [0.4, 0.5) is 5.82 Å². The molecule has 3 rings (SSSR count). The summed E-state index contributed by atoms with van der Waals surface area (Å²) in [6.45, 7) is 0.605. The van der Waals surface area contributed by atoms with Gasteiger partial charge in [-0.2, -0.15) is 5.10 Å². The van der Waals surface area contributed by atoms with Gasteiger partial charge in [0.05, 0.1) is 18.4 Å². The second kappa shape index (κ2) is 7.17. The van der Waals surface area contributed by atoms with Crippen LogP contribution < -0.4 is 5.32 Å². The number of benzene rings is 1. The lowest BCUT2D eigenvalue weighted by Crippen LogP contribution is -2.13. The predicted molar refractivity (Wildman–Crippen MR) is 89.7 cm³/mol. The Bertz CT molecular complexity index is 794. The third-order valence-electron chi connectivity index (χ3n) is 3.24. The van der Waals surface area contributed by atoms with Crippen LogP contribution in [0.25, 0.3) is 6.08 Å². The lowest BCUT2D eigenvalue weighted by atomic mass is 10.2. The number of pyridine rings is 1. The van der Waals surface area contributed by atoms with E-state index in [-0.39, 0.29) is 5.91 Å². The molecule has 0 spiro atoms. The highest BCUT2D eigenvalue weighted by molar-refractivity contribution is 6.01. The summed E-state index contributed by atoms with van der Waals surface area (Å²) in [6, 6.07) is 17.3. The number of carbonyl (C=O) groups excluding carboxylic acids is 1. The molecule has 1 amide bonds. The Morgan fingerprint density at radius 3 is 2.65 bits per heavy atom. The van der Waals surface area contributed by atoms with Crippen LogP contribution in [-0.4, -0.2) is 20.7 Å². The van der Waals surface area contributed by atoms with E-state index in [1.54, 1.807) is 29.2 Å². The average Bonchev–Trinajstić information content (AvgIpc) is 3.02. The number of rotatable bonds is 5. The van der Waals surface area contributed by atoms with Crippen molar-refractivity contribution in [3.05, 3.63) is 84.3 Å². The van der Waals surface area contributed by atoms with E-state index >= 15 is 0 Å². The van der Waals surface area contributed by atoms with Crippen LogP contribution in [0.5, 0.6) is 0 Å². The van der Waals surface area contributed by atoms with Crippen LogP contribution >= 0.6 is 0 Å². The second-order valence-corrected chi connectivity index (χ2v) is 4.94. The fourth-order valence-corrected chi connectivity index (χ4v) is 2.12. The van der Waals surface area contributed by atoms with Gasteiger partial charge in [-0.3, -0.25) is 9.78 Å². The van der Waals surface area contributed by atoms with Crippen LogP contribution in [0.15, 0.2) is 73.1 Å². The smallest absolute Gasteiger partial charge is 0.249 e. The van der Waals surface area contributed by atoms with E-state index in [9.17, 15) is 4.79 Å². The Morgan fingerprint density at radius 2 is 1.87 bits per heavy atom. The molecular weight excluding hydrogens is 288 g/mol. The molecule has 0 aliphatic carbocycles. The van der Waals surface area contributed by atoms with Crippen molar-refractivity contribution < 1.29 is 4.79 Å². The van der Waals surface area contributed by atoms with E-state index in [0.29, 0.717) is 12.4 Å². The monoisotopic (exact) mass is 304 g/mol. The maximum Gasteiger partial charge on any atom is 0.249 e. The molecule has 1 aromatic carbocycles. The summed E-state index contributed by atoms with van der Waals surface area (Å²) in [5, 5.41) is 7.08. The number of carbonyl (C=O) groups is 1. The lowest BCUT2D eigenvalue weighted by Gasteiger charge is -2.07. The first-order valence-corrected chi connectivity index (χ1v) is 7.27. The minimum absolute atomic E-state index is 0.217. The fraction of sp³-hybridized carbons (Fsp3) is 0.0556. The molecule has 0 atom stereocenters. The standard InChI is InChI=1S/C18H16N4O/c23-18(10-9-16-8-4-5-12-19-16)21-17-11-13-20-22(17)14-15-6-2-1-3-7-15/h1-13H,14H2,(H,21,23)/b10-9+. The molecule has 5 heteroatoms. The molecule has 1 N–H and O–H groups in total. The first kappa shape index (κ1) is 14.7. The zero-order valence-electron chi connectivity index (χ0n) is 12.5. The third-order valence-corrected chi connectivity index (χ3v) is 3.24. The second-order valence-electron chi connectivity index (χ2n) is 4.94. The molecule has 2 heterocycles. The molecule has 0 unspecified atom stereocenters. The van der Waals surface area contributed by atoms with E-state index in [1.165, 1.54) is 6.08 Å². The van der Waals surface area contributed by atoms with Crippen molar-refractivity contribution >= 4 is 17.8 Å². The van der Waals surface area contributed by atoms with Gasteiger partial charge in [0.15, 0.2) is 0 Å². The van der Waals surface area contributed by atoms with Gasteiger partial charge in [-0.25, -0.2) is 4.68 Å². The van der Waals surface area contributed by atoms with Crippen LogP contribution in [0.1, 0.15) is 11.3 Å². The van der Waals surface area contributed by atoms with Crippen molar-refractivity contribution in [3.8, 4) is 0 Å². The molecule has 0 saturated carbocycles. The van der Waals surface area contributed by atoms with Crippen molar-refractivity contribution in [2.45, 2.75) is 6.54 Å². The van der Waals surface area contributed by atoms with Crippen LogP contribution in [0.3, 0.4) is 0 Å². The molecule has 114 valence electrons. The van der Waals surface area contributed by atoms with Crippen molar-refractivity contribution in [3.63, 3.8) is 0 Å². The summed E-state index contributed by atoms with van der Waals surface area (Å²) < 4.78 is 1.75. The molecule has 23 heavy (non-hydrogen) atoms. The number of hydrogen-bond donors (Lipinski definition) is 1. The van der Waals surface area contributed by atoms with Crippen molar-refractivity contribution in [2.24, 2.45) is 0 Å². The number of nitrogens with one attached hydrogen (secondary N) is 1. The van der Waals surface area contributed by atoms with Gasteiger partial charge in [-0.15, -0.1) is 0 Å². The maximum absolute atomic E-state index is 12.0. The van der Waals surface area contributed by atoms with E-state index < -0.39 is 0 Å². The van der Waals surface area contributed by atoms with Gasteiger partial charge in [0.1, 0.15) is 5.82 Å². The molecule has 5 nitrogen and oxygen atoms in total. The van der Waals surface area contributed by atoms with Gasteiger partial charge in [-0.05, 0) is 23.8 Å². The van der Waals surface area contributed by atoms with E-state index in [4.69, 9.17) is 0 Å². The molecule has 0 bridgehead atoms. The van der Waals surface area contributed by atoms with Gasteiger partial charge in [0.25, 0.3) is 0 Å². The lowest BCUT2D eigenvalue weighted by molar-refractivity contribution is -0.111. The minimum Gasteiger partial charge on any atom is -0.307 e. The Morgan fingerprint density at radius 1 is 1.04 bits per heavy atom. The molecule has 0 radical (unpaired) electrons. The number of amides is 1. The van der Waals surface area contributed by atoms with Crippen LogP contribution in [-0.2, 0) is 11.3 Å². The Labute approximate surface area is 134 Å². The zero-order chi connectivity index (χ0) is 15.9. The number of hydrogen-bond acceptors (Lipinski definition) is 3. The molecule has 0 fully saturated rings. The maximum atomic E-state index is 12.0. The van der Waals surface area contributed by atoms with Gasteiger partial charge in [0.2, 0.25) is 5.91 Å². The largest absolute Gasteiger partial charge is 0.307 e. The highest BCUT2D eigenvalue weighted by Crippen LogP contribution is 2.10. The molecule has 0 saturated heterocycles. The van der Waals surface area contributed by atoms with Crippen molar-refractivity contribution in [2.75, 3.05) is 5.32 Å². The van der Waals surface area contributed by atoms with Gasteiger partial charge < -0.3 is 5.32 Å². The van der Waals surface area contributed by atoms with Crippen LogP contribution in [0.2, 0.25) is 0 Å². The molecule has 3 aromatic rings. The fourth-order valence-electron chi connectivity index (χ4n) is 2.12. The van der Waals surface area contributed by atoms with Gasteiger partial charge in [0, 0.05) is 18.3 Å². The normalized spacial score (nSPS) is 10.8. The summed E-state index contributed by atoms with van der Waals surface area (Å²) in [5.74, 6) is 0.440. The summed E-state index contributed by atoms with van der Waals surface area (Å²) in [7, 11) is 0. The number of aromatic nitrogens is 3. The average molecular weight is 304 g/mol. The first-order chi connectivity index (χ1) is 11.3. The number of anilines is 1. The summed E-state index contributed by atoms with van der Waals surface area (Å²) in [4.78, 5) is 16.2. The predicted octanol–water partition coefficient (Wildman–Crippen LogP) is 2.98. The minimum atomic E-state index is -0.217. The SMILES string of the molecule is O=C(/C=C/c1ccccn1)Nc1ccnn1Cc1ccccc1. The highest BCUT2D eigenvalue weighted by atomic mass is 16.1. The summed E-state index contributed by atoms with van der Waals surface area (Å²) in [5.41, 5.74) is 1.86. The molecule has 0 aliphatic rings. The Hall–Kier alpha value is -3.21. The van der Waals surface area contributed by atoms with Gasteiger partial charge in [-0.1, -0.05) is 36.4 Å². The number of nitrogens with zero attached hydrogens (tertiary/aromatic N) is 3. The quantitative estimate of drug-likeness (QED) is 0.737. The Kier molecular flexibility index (Phi) is 4.59. The first-order valence-electron chi connectivity index (χ1n) is 7.27. The zero-order valence-corrected chi connectivity index (χ0v) is 12.5. The topological polar surface area (TPSA) is 59.8 Å². The molecular formula is C18H16N4O. The van der Waals surface area contributed by atoms with E-state index in [2.05, 4.69) is 15.4 Å². The van der Waals surface area contributed by atoms with Crippen molar-refractivity contribution in [1.82, 2.24) is 14.8 Å². The Balaban J connectivity index is 1.65. The summed E-state index contributed by atoms with van der Waals surface area (Å²) >= 11 is 0. The van der Waals surface area contributed by atoms with E-state index in [0.717, 1.165) is 11.3 Å². The van der Waals surface area contributed by atoms with Crippen LogP contribution in [0, 0.1) is 0 Å². The van der Waals surface area contributed by atoms with E-state index in [1.807, 2.05) is 48.5 Å². The van der Waals surface area contributed by atoms with Crippen molar-refractivity contribution in [1.29, 1.82) is 0 Å². The molecule has 0 aliphatic heterocycles. The molecule has 2 aromatic heterocycles. The summed E-state index contributed by atoms with van der Waals surface area (Å²) in [6.07, 6.45) is 6.49. The highest BCUT2D eigenvalue weighted by Gasteiger charge is 2.05. The van der Waals surface area contributed by atoms with Gasteiger partial charge >= 0.3 is 0 Å².